The topological polar surface area (TPSA) is 80.4 Å². The fraction of sp³-hybridized carbons (Fsp3) is 0.182. The van der Waals surface area contributed by atoms with Gasteiger partial charge in [0.05, 0.1) is 16.1 Å². The minimum Gasteiger partial charge on any atom is -0.478 e. The summed E-state index contributed by atoms with van der Waals surface area (Å²) in [6.45, 7) is 0. The Labute approximate surface area is 102 Å². The summed E-state index contributed by atoms with van der Waals surface area (Å²) >= 11 is 5.47. The van der Waals surface area contributed by atoms with Crippen LogP contribution in [0.1, 0.15) is 22.3 Å². The molecule has 0 fully saturated rings. The Morgan fingerprint density at radius 2 is 2.24 bits per heavy atom. The Kier molecular flexibility index (Phi) is 4.66. The highest BCUT2D eigenvalue weighted by Gasteiger charge is 2.15. The summed E-state index contributed by atoms with van der Waals surface area (Å²) in [6, 6.07) is 3.78. The van der Waals surface area contributed by atoms with E-state index in [9.17, 15) is 14.9 Å². The molecule has 1 rings (SSSR count). The molecule has 0 aromatic heterocycles. The summed E-state index contributed by atoms with van der Waals surface area (Å²) in [5.74, 6) is -0.762. The molecule has 0 bridgehead atoms. The van der Waals surface area contributed by atoms with Crippen LogP contribution in [0.2, 0.25) is 0 Å². The van der Waals surface area contributed by atoms with Gasteiger partial charge in [-0.2, -0.15) is 0 Å². The van der Waals surface area contributed by atoms with Crippen LogP contribution in [0.15, 0.2) is 24.3 Å². The van der Waals surface area contributed by atoms with Crippen molar-refractivity contribution >= 4 is 29.3 Å². The fourth-order valence-electron chi connectivity index (χ4n) is 1.25. The number of nitrogens with zero attached hydrogens (tertiary/aromatic N) is 1. The van der Waals surface area contributed by atoms with Crippen molar-refractivity contribution in [2.45, 2.75) is 6.42 Å². The van der Waals surface area contributed by atoms with Crippen LogP contribution in [-0.2, 0) is 0 Å². The van der Waals surface area contributed by atoms with Gasteiger partial charge >= 0.3 is 5.97 Å². The van der Waals surface area contributed by atoms with Gasteiger partial charge < -0.3 is 5.11 Å². The van der Waals surface area contributed by atoms with Crippen molar-refractivity contribution in [3.8, 4) is 0 Å². The van der Waals surface area contributed by atoms with E-state index in [1.807, 2.05) is 0 Å². The molecule has 0 heterocycles. The van der Waals surface area contributed by atoms with E-state index in [1.165, 1.54) is 12.1 Å². The predicted molar refractivity (Wildman–Crippen MR) is 64.4 cm³/mol. The zero-order chi connectivity index (χ0) is 12.8. The van der Waals surface area contributed by atoms with Crippen molar-refractivity contribution in [1.82, 2.24) is 0 Å². The van der Waals surface area contributed by atoms with E-state index in [0.29, 0.717) is 17.9 Å². The van der Waals surface area contributed by atoms with Crippen LogP contribution < -0.4 is 0 Å². The summed E-state index contributed by atoms with van der Waals surface area (Å²) < 4.78 is 0. The van der Waals surface area contributed by atoms with Crippen molar-refractivity contribution in [2.24, 2.45) is 0 Å². The maximum atomic E-state index is 10.8. The van der Waals surface area contributed by atoms with Crippen LogP contribution in [0.3, 0.4) is 0 Å². The summed E-state index contributed by atoms with van der Waals surface area (Å²) in [5, 5.41) is 19.5. The zero-order valence-electron chi connectivity index (χ0n) is 8.80. The lowest BCUT2D eigenvalue weighted by atomic mass is 10.1. The van der Waals surface area contributed by atoms with Gasteiger partial charge in [0, 0.05) is 11.9 Å². The Hall–Kier alpha value is -1.88. The van der Waals surface area contributed by atoms with Crippen molar-refractivity contribution in [3.63, 3.8) is 0 Å². The number of carbonyl (C=O) groups is 1. The molecule has 0 aliphatic carbocycles. The number of rotatable bonds is 5. The first kappa shape index (κ1) is 13.2. The fourth-order valence-corrected chi connectivity index (χ4v) is 1.38. The molecule has 1 aromatic carbocycles. The first-order chi connectivity index (χ1) is 8.06. The second-order valence-electron chi connectivity index (χ2n) is 3.22. The third kappa shape index (κ3) is 3.57. The number of hydrogen-bond acceptors (Lipinski definition) is 3. The highest BCUT2D eigenvalue weighted by atomic mass is 35.5. The average Bonchev–Trinajstić information content (AvgIpc) is 2.29. The molecular weight excluding hydrogens is 246 g/mol. The maximum absolute atomic E-state index is 10.8. The third-order valence-corrected chi connectivity index (χ3v) is 2.27. The second kappa shape index (κ2) is 6.00. The van der Waals surface area contributed by atoms with Gasteiger partial charge in [-0.15, -0.1) is 11.6 Å². The Morgan fingerprint density at radius 3 is 2.76 bits per heavy atom. The molecule has 0 spiro atoms. The van der Waals surface area contributed by atoms with E-state index in [-0.39, 0.29) is 11.3 Å². The molecule has 0 saturated carbocycles. The maximum Gasteiger partial charge on any atom is 0.335 e. The van der Waals surface area contributed by atoms with Gasteiger partial charge in [-0.1, -0.05) is 12.2 Å². The van der Waals surface area contributed by atoms with Crippen molar-refractivity contribution in [3.05, 3.63) is 45.5 Å². The van der Waals surface area contributed by atoms with Crippen LogP contribution >= 0.6 is 11.6 Å². The van der Waals surface area contributed by atoms with E-state index in [0.717, 1.165) is 6.07 Å². The molecule has 5 nitrogen and oxygen atoms in total. The van der Waals surface area contributed by atoms with Crippen LogP contribution in [0, 0.1) is 10.1 Å². The summed E-state index contributed by atoms with van der Waals surface area (Å²) in [7, 11) is 0. The average molecular weight is 256 g/mol. The molecule has 0 unspecified atom stereocenters. The molecule has 0 saturated heterocycles. The minimum absolute atomic E-state index is 0.105. The number of carboxylic acids is 1. The molecule has 17 heavy (non-hydrogen) atoms. The summed E-state index contributed by atoms with van der Waals surface area (Å²) in [6.07, 6.45) is 3.86. The Balaban J connectivity index is 3.13. The number of halogens is 1. The monoisotopic (exact) mass is 255 g/mol. The van der Waals surface area contributed by atoms with Gasteiger partial charge in [0.15, 0.2) is 0 Å². The van der Waals surface area contributed by atoms with Crippen molar-refractivity contribution in [1.29, 1.82) is 0 Å². The van der Waals surface area contributed by atoms with Gasteiger partial charge in [-0.05, 0) is 18.6 Å². The number of hydrogen-bond donors (Lipinski definition) is 1. The number of benzene rings is 1. The number of nitro benzene ring substituents is 1. The van der Waals surface area contributed by atoms with Gasteiger partial charge in [0.25, 0.3) is 5.69 Å². The predicted octanol–water partition coefficient (Wildman–Crippen LogP) is 2.94. The lowest BCUT2D eigenvalue weighted by Gasteiger charge is -1.99. The second-order valence-corrected chi connectivity index (χ2v) is 3.59. The molecule has 0 aliphatic heterocycles. The standard InChI is InChI=1S/C11H10ClNO4/c12-6-2-1-3-8-4-5-9(11(14)15)7-10(8)13(16)17/h1,3-5,7H,2,6H2,(H,14,15). The first-order valence-corrected chi connectivity index (χ1v) is 5.34. The van der Waals surface area contributed by atoms with Gasteiger partial charge in [0.2, 0.25) is 0 Å². The summed E-state index contributed by atoms with van der Waals surface area (Å²) in [5.41, 5.74) is 0.0343. The number of allylic oxidation sites excluding steroid dienone is 1. The molecular formula is C11H10ClNO4. The smallest absolute Gasteiger partial charge is 0.335 e. The lowest BCUT2D eigenvalue weighted by molar-refractivity contribution is -0.385. The first-order valence-electron chi connectivity index (χ1n) is 4.80. The Morgan fingerprint density at radius 1 is 1.53 bits per heavy atom. The van der Waals surface area contributed by atoms with Crippen LogP contribution in [0.5, 0.6) is 0 Å². The van der Waals surface area contributed by atoms with E-state index < -0.39 is 10.9 Å². The highest BCUT2D eigenvalue weighted by Crippen LogP contribution is 2.22. The molecule has 6 heteroatoms. The highest BCUT2D eigenvalue weighted by molar-refractivity contribution is 6.17. The van der Waals surface area contributed by atoms with Gasteiger partial charge in [-0.3, -0.25) is 10.1 Å². The van der Waals surface area contributed by atoms with Crippen LogP contribution in [0.4, 0.5) is 5.69 Å². The Bertz CT molecular complexity index is 471. The van der Waals surface area contributed by atoms with E-state index in [4.69, 9.17) is 16.7 Å². The van der Waals surface area contributed by atoms with E-state index in [1.54, 1.807) is 12.2 Å². The third-order valence-electron chi connectivity index (χ3n) is 2.05. The summed E-state index contributed by atoms with van der Waals surface area (Å²) in [4.78, 5) is 20.9. The van der Waals surface area contributed by atoms with Crippen LogP contribution in [-0.4, -0.2) is 21.9 Å². The molecule has 1 N–H and O–H groups in total. The quantitative estimate of drug-likeness (QED) is 0.498. The minimum atomic E-state index is -1.19. The largest absolute Gasteiger partial charge is 0.478 e. The number of alkyl halides is 1. The number of aromatic carboxylic acids is 1. The van der Waals surface area contributed by atoms with Gasteiger partial charge in [-0.25, -0.2) is 4.79 Å². The molecule has 0 amide bonds. The zero-order valence-corrected chi connectivity index (χ0v) is 9.55. The van der Waals surface area contributed by atoms with E-state index >= 15 is 0 Å². The lowest BCUT2D eigenvalue weighted by Crippen LogP contribution is -1.99. The van der Waals surface area contributed by atoms with Gasteiger partial charge in [0.1, 0.15) is 0 Å². The number of carboxylic acid groups (broad SMARTS) is 1. The molecule has 1 aromatic rings. The molecule has 90 valence electrons. The molecule has 0 aliphatic rings. The van der Waals surface area contributed by atoms with E-state index in [2.05, 4.69) is 0 Å². The van der Waals surface area contributed by atoms with Crippen molar-refractivity contribution in [2.75, 3.05) is 5.88 Å². The number of nitro groups is 1. The SMILES string of the molecule is O=C(O)c1ccc(C=CCCCl)c([N+](=O)[O-])c1. The normalized spacial score (nSPS) is 10.6. The molecule has 0 radical (unpaired) electrons. The molecule has 0 atom stereocenters. The van der Waals surface area contributed by atoms with Crippen LogP contribution in [0.25, 0.3) is 6.08 Å². The van der Waals surface area contributed by atoms with Crippen molar-refractivity contribution < 1.29 is 14.8 Å².